The number of sulfone groups is 1. The average Bonchev–Trinajstić information content (AvgIpc) is 1.46. The summed E-state index contributed by atoms with van der Waals surface area (Å²) >= 11 is 0. The Morgan fingerprint density at radius 2 is 1.52 bits per heavy atom. The molecule has 0 radical (unpaired) electrons. The Kier molecular flexibility index (Phi) is 27.0. The highest BCUT2D eigenvalue weighted by Crippen LogP contribution is 2.41. The van der Waals surface area contributed by atoms with E-state index < -0.39 is 177 Å². The molecule has 1 aromatic carbocycles. The first-order chi connectivity index (χ1) is 40.6. The number of rotatable bonds is 20. The van der Waals surface area contributed by atoms with E-state index in [4.69, 9.17) is 56.9 Å². The van der Waals surface area contributed by atoms with E-state index in [1.165, 1.54) is 47.3 Å². The first-order valence-electron chi connectivity index (χ1n) is 30.6. The molecule has 0 saturated carbocycles. The van der Waals surface area contributed by atoms with Crippen molar-refractivity contribution < 1.29 is 99.1 Å². The van der Waals surface area contributed by atoms with Crippen molar-refractivity contribution in [2.24, 2.45) is 46.6 Å². The van der Waals surface area contributed by atoms with Crippen LogP contribution < -0.4 is 5.32 Å². The average molecular weight is 1260 g/mol. The maximum Gasteiger partial charge on any atom is 0.408 e. The Bertz CT molecular complexity index is 2560. The van der Waals surface area contributed by atoms with Crippen LogP contribution in [0.3, 0.4) is 0 Å². The molecule has 0 spiro atoms. The summed E-state index contributed by atoms with van der Waals surface area (Å²) in [5, 5.41) is 29.7. The predicted molar refractivity (Wildman–Crippen MR) is 317 cm³/mol. The molecule has 4 saturated heterocycles. The van der Waals surface area contributed by atoms with Crippen LogP contribution in [0.2, 0.25) is 0 Å². The number of cyclic esters (lactones) is 1. The quantitative estimate of drug-likeness (QED) is 0.0688. The van der Waals surface area contributed by atoms with Gasteiger partial charge < -0.3 is 77.4 Å². The minimum Gasteiger partial charge on any atom is -0.461 e. The molecule has 23 nitrogen and oxygen atoms in total. The Hall–Kier alpha value is -3.99. The van der Waals surface area contributed by atoms with Gasteiger partial charge in [-0.15, -0.1) is 0 Å². The van der Waals surface area contributed by atoms with Crippen molar-refractivity contribution in [2.75, 3.05) is 47.3 Å². The lowest BCUT2D eigenvalue weighted by Gasteiger charge is -2.45. The van der Waals surface area contributed by atoms with Gasteiger partial charge in [-0.3, -0.25) is 14.4 Å². The zero-order valence-corrected chi connectivity index (χ0v) is 55.4. The molecule has 4 fully saturated rings. The zero-order chi connectivity index (χ0) is 65.2. The third-order valence-corrected chi connectivity index (χ3v) is 19.3. The van der Waals surface area contributed by atoms with Gasteiger partial charge in [-0.2, -0.15) is 0 Å². The molecule has 4 aliphatic rings. The fourth-order valence-corrected chi connectivity index (χ4v) is 14.2. The number of aliphatic hydroxyl groups is 2. The van der Waals surface area contributed by atoms with E-state index in [0.717, 1.165) is 12.1 Å². The second kappa shape index (κ2) is 31.8. The summed E-state index contributed by atoms with van der Waals surface area (Å²) in [6.07, 6.45) is -15.2. The number of hydrogen-bond acceptors (Lipinski definition) is 22. The van der Waals surface area contributed by atoms with Gasteiger partial charge in [0.05, 0.1) is 60.4 Å². The van der Waals surface area contributed by atoms with Gasteiger partial charge in [0.2, 0.25) is 0 Å². The van der Waals surface area contributed by atoms with E-state index in [9.17, 15) is 32.6 Å². The van der Waals surface area contributed by atoms with Crippen molar-refractivity contribution in [3.8, 4) is 0 Å². The van der Waals surface area contributed by atoms with Gasteiger partial charge in [-0.1, -0.05) is 65.8 Å². The molecule has 1 aromatic rings. The van der Waals surface area contributed by atoms with Crippen LogP contribution in [0.1, 0.15) is 136 Å². The summed E-state index contributed by atoms with van der Waals surface area (Å²) in [6, 6.07) is 4.95. The van der Waals surface area contributed by atoms with E-state index in [0.29, 0.717) is 13.0 Å². The molecule has 0 aliphatic carbocycles. The van der Waals surface area contributed by atoms with Gasteiger partial charge in [0.15, 0.2) is 40.1 Å². The number of nitrogens with zero attached hydrogens (tertiary/aromatic N) is 2. The maximum atomic E-state index is 16.0. The van der Waals surface area contributed by atoms with E-state index in [2.05, 4.69) is 15.4 Å². The van der Waals surface area contributed by atoms with Gasteiger partial charge in [0, 0.05) is 69.4 Å². The highest BCUT2D eigenvalue weighted by molar-refractivity contribution is 7.91. The highest BCUT2D eigenvalue weighted by atomic mass is 32.2. The molecular weight excluding hydrogens is 1160 g/mol. The van der Waals surface area contributed by atoms with E-state index in [1.807, 2.05) is 34.7 Å². The molecule has 22 atom stereocenters. The number of carbonyl (C=O) groups is 4. The van der Waals surface area contributed by atoms with Crippen LogP contribution in [0.25, 0.3) is 0 Å². The largest absolute Gasteiger partial charge is 0.461 e. The summed E-state index contributed by atoms with van der Waals surface area (Å²) in [6.45, 7) is 26.2. The number of oxime groups is 1. The van der Waals surface area contributed by atoms with Crippen molar-refractivity contribution in [2.45, 2.75) is 244 Å². The number of benzene rings is 1. The highest BCUT2D eigenvalue weighted by Gasteiger charge is 2.53. The topological polar surface area (TPSA) is 281 Å². The SMILES string of the molecule is CO/N=C1\C[C@@H](C)O[C@@H](O[C@@H]2[C@@H](C)[C@H](O[C@H]3CC(C)N(C)C[C@H](C)O3)[C@@H](C)C(=O)O[C@H]([C@@H](C)CO[C@@H]3O[C@H](C)[C@@H](O)[C@@H](OC)[C@H]3OC)[C@H](C)[C@@H](OC(=O)CC(C)C)[C@@H](C)C(=O)[C@@](C)(OC(=O)NC(C)(C)CCS(=O)(=O)c3ccccc3F)C[C@@H]2C)[C@@H]1O. The first kappa shape index (κ1) is 73.7. The number of methoxy groups -OCH3 is 2. The summed E-state index contributed by atoms with van der Waals surface area (Å²) in [7, 11) is 2.01. The second-order valence-corrected chi connectivity index (χ2v) is 28.2. The molecule has 87 heavy (non-hydrogen) atoms. The molecule has 25 heteroatoms. The van der Waals surface area contributed by atoms with Crippen molar-refractivity contribution in [3.05, 3.63) is 30.1 Å². The molecule has 1 amide bonds. The molecule has 0 bridgehead atoms. The fraction of sp³-hybridized carbons (Fsp3) is 0.823. The first-order valence-corrected chi connectivity index (χ1v) is 32.3. The number of aliphatic hydroxyl groups excluding tert-OH is 2. The Balaban J connectivity index is 1.71. The third kappa shape index (κ3) is 19.3. The number of ketones is 1. The van der Waals surface area contributed by atoms with Gasteiger partial charge in [-0.25, -0.2) is 17.6 Å². The Labute approximate surface area is 514 Å². The van der Waals surface area contributed by atoms with Gasteiger partial charge in [0.25, 0.3) is 0 Å². The number of carbonyl (C=O) groups excluding carboxylic acids is 4. The standard InChI is InChI=1S/C62H102FN3O20S/c1-32(2)26-46(67)82-52-39(9)51(34(4)31-78-59-55(76-18)54(75-17)48(68)42(12)81-59)84-57(71)41(11)53(83-47-27-35(5)66(16)30-37(7)79-47)38(8)50(85-58-49(69)44(65-77-19)28-36(6)80-58)33(3)29-62(15,56(70)40(52)10)86-60(72)64-61(13,14)24-25-87(73,74)45-23-21-20-22-43(45)63/h20-23,32-42,47-55,58-59,68-69H,24-31H2,1-19H3,(H,64,72)/b65-44+/t33-,34-,35?,36+,37-,38+,39-,40+,41+,42+,47-,48+,49+,50-,51+,52+,53-,54+,55+,58-,59+,62-/m0/s1. The van der Waals surface area contributed by atoms with Crippen LogP contribution in [0.15, 0.2) is 34.3 Å². The summed E-state index contributed by atoms with van der Waals surface area (Å²) in [5.41, 5.74) is -3.25. The van der Waals surface area contributed by atoms with E-state index in [-0.39, 0.29) is 56.1 Å². The van der Waals surface area contributed by atoms with Crippen LogP contribution in [0, 0.1) is 47.2 Å². The number of Topliss-reactive ketones (excluding diaryl/α,β-unsaturated/α-hetero) is 1. The van der Waals surface area contributed by atoms with E-state index >= 15 is 9.59 Å². The summed E-state index contributed by atoms with van der Waals surface area (Å²) in [4.78, 5) is 67.1. The lowest BCUT2D eigenvalue weighted by molar-refractivity contribution is -0.305. The molecule has 5 rings (SSSR count). The van der Waals surface area contributed by atoms with E-state index in [1.54, 1.807) is 62.3 Å². The number of alkyl carbamates (subject to hydrolysis) is 1. The van der Waals surface area contributed by atoms with Gasteiger partial charge >= 0.3 is 18.0 Å². The predicted octanol–water partition coefficient (Wildman–Crippen LogP) is 6.79. The van der Waals surface area contributed by atoms with Crippen molar-refractivity contribution in [1.29, 1.82) is 0 Å². The van der Waals surface area contributed by atoms with Crippen LogP contribution in [0.4, 0.5) is 9.18 Å². The molecule has 4 aliphatic heterocycles. The lowest BCUT2D eigenvalue weighted by Crippen LogP contribution is -2.59. The van der Waals surface area contributed by atoms with Crippen LogP contribution in [-0.4, -0.2) is 204 Å². The Morgan fingerprint density at radius 3 is 2.14 bits per heavy atom. The second-order valence-electron chi connectivity index (χ2n) is 26.2. The normalized spacial score (nSPS) is 37.3. The van der Waals surface area contributed by atoms with Crippen LogP contribution in [0.5, 0.6) is 0 Å². The van der Waals surface area contributed by atoms with Gasteiger partial charge in [-0.05, 0) is 99.2 Å². The number of esters is 2. The lowest BCUT2D eigenvalue weighted by atomic mass is 9.74. The number of likely N-dealkylation sites (N-methyl/N-ethyl adjacent to an activating group) is 1. The minimum absolute atomic E-state index is 0.0382. The third-order valence-electron chi connectivity index (χ3n) is 17.5. The summed E-state index contributed by atoms with van der Waals surface area (Å²) < 4.78 is 112. The Morgan fingerprint density at radius 1 is 0.862 bits per heavy atom. The molecular formula is C62H102FN3O20S. The summed E-state index contributed by atoms with van der Waals surface area (Å²) in [5.74, 6) is -9.77. The maximum absolute atomic E-state index is 16.0. The van der Waals surface area contributed by atoms with Crippen LogP contribution in [-0.2, 0) is 81.2 Å². The number of amides is 1. The molecule has 1 unspecified atom stereocenters. The van der Waals surface area contributed by atoms with Crippen molar-refractivity contribution in [3.63, 3.8) is 0 Å². The zero-order valence-electron chi connectivity index (χ0n) is 54.6. The number of halogens is 1. The fourth-order valence-electron chi connectivity index (χ4n) is 12.5. The monoisotopic (exact) mass is 1260 g/mol. The number of nitrogens with one attached hydrogen (secondary N) is 1. The minimum atomic E-state index is -4.19. The molecule has 498 valence electrons. The van der Waals surface area contributed by atoms with Crippen molar-refractivity contribution >= 4 is 39.4 Å². The van der Waals surface area contributed by atoms with Crippen LogP contribution >= 0.6 is 0 Å². The molecule has 3 N–H and O–H groups in total. The van der Waals surface area contributed by atoms with Gasteiger partial charge in [0.1, 0.15) is 54.4 Å². The van der Waals surface area contributed by atoms with Crippen molar-refractivity contribution in [1.82, 2.24) is 10.2 Å². The number of hydrogen-bond donors (Lipinski definition) is 3. The molecule has 4 heterocycles. The number of ether oxygens (including phenoxy) is 11. The molecule has 0 aromatic heterocycles. The smallest absolute Gasteiger partial charge is 0.408 e.